The second kappa shape index (κ2) is 13.5. The Hall–Kier alpha value is -1.55. The molecule has 4 saturated carbocycles. The second-order valence-electron chi connectivity index (χ2n) is 20.5. The molecular formula is C44H69FN2O5S. The third kappa shape index (κ3) is 6.18. The maximum atomic E-state index is 14.0. The summed E-state index contributed by atoms with van der Waals surface area (Å²) in [6.07, 6.45) is 15.8. The Morgan fingerprint density at radius 2 is 1.68 bits per heavy atom. The van der Waals surface area contributed by atoms with Crippen molar-refractivity contribution in [2.24, 2.45) is 56.7 Å². The standard InChI is InChI=1S/C44H69FN2O5S/c1-29(2)32-12-19-44(46-26-31(48)27-47-22-24-53(51,52)25-23-47)21-20-41(6)34(37(32)44)8-9-36-40(5)15-13-33(39(3,4)35(40)14-16-42(36,41)7)30-10-17-43(28-45,18-11-30)38(49)50/h10,13,31-32,34-37,46,48H,1,8-9,11-12,14-28H2,2-7H3,(H,49,50)/t31?,32-,34+,35-,36+,37+,40-,41+,42+,43-,44-/m0/s1. The Morgan fingerprint density at radius 3 is 2.30 bits per heavy atom. The molecule has 7 aliphatic rings. The van der Waals surface area contributed by atoms with E-state index in [1.54, 1.807) is 0 Å². The van der Waals surface area contributed by atoms with Gasteiger partial charge in [0.2, 0.25) is 0 Å². The number of nitrogens with one attached hydrogen (secondary N) is 1. The van der Waals surface area contributed by atoms with Crippen LogP contribution in [0.1, 0.15) is 119 Å². The average Bonchev–Trinajstić information content (AvgIpc) is 3.49. The van der Waals surface area contributed by atoms with Crippen molar-refractivity contribution < 1.29 is 27.8 Å². The number of nitrogens with zero attached hydrogens (tertiary/aromatic N) is 1. The zero-order chi connectivity index (χ0) is 38.4. The number of sulfone groups is 1. The molecule has 7 nitrogen and oxygen atoms in total. The molecule has 0 aromatic heterocycles. The number of carboxylic acids is 1. The van der Waals surface area contributed by atoms with E-state index in [1.807, 2.05) is 0 Å². The van der Waals surface area contributed by atoms with Crippen molar-refractivity contribution in [2.75, 3.05) is 44.4 Å². The fraction of sp³-hybridized carbons (Fsp3) is 0.841. The number of allylic oxidation sites excluding steroid dienone is 5. The average molecular weight is 757 g/mol. The summed E-state index contributed by atoms with van der Waals surface area (Å²) in [4.78, 5) is 14.1. The Bertz CT molecular complexity index is 1640. The first-order valence-corrected chi connectivity index (χ1v) is 22.8. The van der Waals surface area contributed by atoms with Crippen LogP contribution in [0, 0.1) is 56.7 Å². The van der Waals surface area contributed by atoms with Gasteiger partial charge in [-0.3, -0.25) is 9.69 Å². The van der Waals surface area contributed by atoms with Crippen LogP contribution in [-0.4, -0.2) is 85.5 Å². The van der Waals surface area contributed by atoms with Gasteiger partial charge in [0.15, 0.2) is 9.84 Å². The number of aliphatic carboxylic acids is 1. The van der Waals surface area contributed by atoms with E-state index in [0.29, 0.717) is 68.6 Å². The topological polar surface area (TPSA) is 107 Å². The minimum Gasteiger partial charge on any atom is -0.481 e. The minimum atomic E-state index is -2.95. The molecule has 0 spiro atoms. The molecule has 1 saturated heterocycles. The highest BCUT2D eigenvalue weighted by Gasteiger charge is 2.70. The van der Waals surface area contributed by atoms with Gasteiger partial charge in [0.25, 0.3) is 0 Å². The van der Waals surface area contributed by atoms with Gasteiger partial charge < -0.3 is 15.5 Å². The smallest absolute Gasteiger partial charge is 0.312 e. The van der Waals surface area contributed by atoms with Crippen molar-refractivity contribution in [3.8, 4) is 0 Å². The van der Waals surface area contributed by atoms with E-state index in [1.165, 1.54) is 48.8 Å². The van der Waals surface area contributed by atoms with Crippen LogP contribution in [0.15, 0.2) is 35.5 Å². The van der Waals surface area contributed by atoms with Gasteiger partial charge in [0.1, 0.15) is 6.67 Å². The van der Waals surface area contributed by atoms with E-state index >= 15 is 0 Å². The lowest BCUT2D eigenvalue weighted by Crippen LogP contribution is -2.68. The molecule has 7 rings (SSSR count). The Balaban J connectivity index is 1.12. The van der Waals surface area contributed by atoms with E-state index in [0.717, 1.165) is 25.7 Å². The van der Waals surface area contributed by atoms with Gasteiger partial charge in [-0.15, -0.1) is 0 Å². The molecule has 1 unspecified atom stereocenters. The van der Waals surface area contributed by atoms with Crippen molar-refractivity contribution in [1.29, 1.82) is 0 Å². The minimum absolute atomic E-state index is 0.0110. The van der Waals surface area contributed by atoms with Gasteiger partial charge in [0.05, 0.1) is 23.0 Å². The van der Waals surface area contributed by atoms with E-state index in [-0.39, 0.29) is 45.1 Å². The summed E-state index contributed by atoms with van der Waals surface area (Å²) in [5.41, 5.74) is 3.19. The summed E-state index contributed by atoms with van der Waals surface area (Å²) in [6.45, 7) is 20.8. The van der Waals surface area contributed by atoms with Crippen LogP contribution in [0.25, 0.3) is 0 Å². The zero-order valence-corrected chi connectivity index (χ0v) is 34.4. The normalized spacial score (nSPS) is 45.4. The number of aliphatic hydroxyl groups is 1. The Labute approximate surface area is 319 Å². The molecule has 0 radical (unpaired) electrons. The van der Waals surface area contributed by atoms with Crippen molar-refractivity contribution in [3.63, 3.8) is 0 Å². The number of rotatable bonds is 9. The molecule has 0 bridgehead atoms. The molecular weight excluding hydrogens is 688 g/mol. The number of hydrogen-bond acceptors (Lipinski definition) is 6. The summed E-state index contributed by atoms with van der Waals surface area (Å²) in [7, 11) is -2.95. The first kappa shape index (κ1) is 39.7. The van der Waals surface area contributed by atoms with Crippen LogP contribution in [-0.2, 0) is 14.6 Å². The zero-order valence-electron chi connectivity index (χ0n) is 33.6. The van der Waals surface area contributed by atoms with E-state index in [9.17, 15) is 27.8 Å². The van der Waals surface area contributed by atoms with Gasteiger partial charge in [-0.05, 0) is 146 Å². The third-order valence-electron chi connectivity index (χ3n) is 17.9. The SMILES string of the molecule is C=C(C)[C@@H]1CC[C@]2(NCC(O)CN3CCS(=O)(=O)CC3)CC[C@]3(C)[C@H](CC[C@@H]4[C@@]5(C)CC=C(C6=CC[C@](CF)(C(=O)O)CC6)C(C)(C)[C@@H]5CC[C@]43C)[C@@H]12. The lowest BCUT2D eigenvalue weighted by Gasteiger charge is -2.72. The lowest BCUT2D eigenvalue weighted by molar-refractivity contribution is -0.221. The number of β-amino-alcohol motifs (C(OH)–C–C–N with tert-alkyl or cyclic N) is 1. The van der Waals surface area contributed by atoms with Crippen molar-refractivity contribution in [2.45, 2.75) is 130 Å². The van der Waals surface area contributed by atoms with Gasteiger partial charge in [-0.1, -0.05) is 58.9 Å². The van der Waals surface area contributed by atoms with Crippen LogP contribution >= 0.6 is 0 Å². The van der Waals surface area contributed by atoms with Crippen molar-refractivity contribution in [3.05, 3.63) is 35.5 Å². The van der Waals surface area contributed by atoms with Crippen LogP contribution in [0.4, 0.5) is 4.39 Å². The summed E-state index contributed by atoms with van der Waals surface area (Å²) in [6, 6.07) is 0. The molecule has 53 heavy (non-hydrogen) atoms. The monoisotopic (exact) mass is 756 g/mol. The van der Waals surface area contributed by atoms with Crippen LogP contribution in [0.3, 0.4) is 0 Å². The largest absolute Gasteiger partial charge is 0.481 e. The fourth-order valence-electron chi connectivity index (χ4n) is 14.7. The fourth-order valence-corrected chi connectivity index (χ4v) is 16.0. The quantitative estimate of drug-likeness (QED) is 0.207. The molecule has 11 atom stereocenters. The van der Waals surface area contributed by atoms with Gasteiger partial charge in [0, 0.05) is 31.7 Å². The van der Waals surface area contributed by atoms with E-state index in [2.05, 4.69) is 70.5 Å². The molecule has 6 aliphatic carbocycles. The number of alkyl halides is 1. The summed E-state index contributed by atoms with van der Waals surface area (Å²) >= 11 is 0. The predicted molar refractivity (Wildman–Crippen MR) is 210 cm³/mol. The van der Waals surface area contributed by atoms with Gasteiger partial charge in [-0.2, -0.15) is 0 Å². The summed E-state index contributed by atoms with van der Waals surface area (Å²) in [5, 5.41) is 25.1. The number of aliphatic hydroxyl groups excluding tert-OH is 1. The number of fused-ring (bicyclic) bond motifs is 7. The Kier molecular flexibility index (Phi) is 10.1. The maximum Gasteiger partial charge on any atom is 0.312 e. The number of carbonyl (C=O) groups is 1. The first-order chi connectivity index (χ1) is 24.8. The number of halogens is 1. The maximum absolute atomic E-state index is 14.0. The molecule has 0 amide bonds. The van der Waals surface area contributed by atoms with E-state index in [4.69, 9.17) is 0 Å². The second-order valence-corrected chi connectivity index (χ2v) is 22.8. The molecule has 0 aromatic carbocycles. The lowest BCUT2D eigenvalue weighted by atomic mass is 9.33. The third-order valence-corrected chi connectivity index (χ3v) is 19.5. The van der Waals surface area contributed by atoms with Crippen LogP contribution < -0.4 is 5.32 Å². The van der Waals surface area contributed by atoms with Crippen LogP contribution in [0.2, 0.25) is 0 Å². The Morgan fingerprint density at radius 1 is 0.962 bits per heavy atom. The first-order valence-electron chi connectivity index (χ1n) is 21.0. The number of carboxylic acid groups (broad SMARTS) is 1. The summed E-state index contributed by atoms with van der Waals surface area (Å²) < 4.78 is 37.9. The summed E-state index contributed by atoms with van der Waals surface area (Å²) in [5.74, 6) is 2.05. The van der Waals surface area contributed by atoms with Crippen molar-refractivity contribution >= 4 is 15.8 Å². The van der Waals surface area contributed by atoms with E-state index < -0.39 is 34.0 Å². The highest BCUT2D eigenvalue weighted by molar-refractivity contribution is 7.91. The highest BCUT2D eigenvalue weighted by Crippen LogP contribution is 2.76. The van der Waals surface area contributed by atoms with Crippen LogP contribution in [0.5, 0.6) is 0 Å². The van der Waals surface area contributed by atoms with Crippen molar-refractivity contribution in [1.82, 2.24) is 10.2 Å². The number of hydrogen-bond donors (Lipinski definition) is 3. The molecule has 1 aliphatic heterocycles. The van der Waals surface area contributed by atoms with Gasteiger partial charge >= 0.3 is 5.97 Å². The predicted octanol–water partition coefficient (Wildman–Crippen LogP) is 7.76. The molecule has 3 N–H and O–H groups in total. The molecule has 0 aromatic rings. The highest BCUT2D eigenvalue weighted by atomic mass is 32.2. The van der Waals surface area contributed by atoms with Gasteiger partial charge in [-0.25, -0.2) is 12.8 Å². The molecule has 9 heteroatoms. The molecule has 1 heterocycles. The molecule has 298 valence electrons. The molecule has 5 fully saturated rings.